The highest BCUT2D eigenvalue weighted by Crippen LogP contribution is 2.11. The molecule has 0 amide bonds. The molecule has 0 aliphatic rings. The molecule has 0 heterocycles. The van der Waals surface area contributed by atoms with Crippen molar-refractivity contribution in [2.45, 2.75) is 90.9 Å². The topological polar surface area (TPSA) is 25.8 Å². The lowest BCUT2D eigenvalue weighted by Crippen LogP contribution is -2.85. The van der Waals surface area contributed by atoms with Crippen molar-refractivity contribution in [1.82, 2.24) is 0 Å². The monoisotopic (exact) mass is 286 g/mol. The third-order valence-electron chi connectivity index (χ3n) is 3.93. The maximum absolute atomic E-state index is 5.32. The summed E-state index contributed by atoms with van der Waals surface area (Å²) < 4.78 is 5.32. The Labute approximate surface area is 128 Å². The van der Waals surface area contributed by atoms with E-state index in [1.807, 2.05) is 0 Å². The SMILES string of the molecule is CCCCCCCCCCCCCC[NH2+]CCOCC. The number of quaternary nitrogens is 1. The summed E-state index contributed by atoms with van der Waals surface area (Å²) in [7, 11) is 0. The van der Waals surface area contributed by atoms with Gasteiger partial charge in [0.25, 0.3) is 0 Å². The molecule has 0 radical (unpaired) electrons. The number of hydrogen-bond acceptors (Lipinski definition) is 1. The zero-order chi connectivity index (χ0) is 14.7. The second kappa shape index (κ2) is 18.9. The maximum atomic E-state index is 5.32. The first-order valence-corrected chi connectivity index (χ1v) is 9.31. The predicted molar refractivity (Wildman–Crippen MR) is 89.2 cm³/mol. The smallest absolute Gasteiger partial charge is 0.0993 e. The van der Waals surface area contributed by atoms with Crippen molar-refractivity contribution in [1.29, 1.82) is 0 Å². The van der Waals surface area contributed by atoms with Crippen molar-refractivity contribution in [3.05, 3.63) is 0 Å². The van der Waals surface area contributed by atoms with E-state index in [1.54, 1.807) is 0 Å². The molecular formula is C18H40NO+. The Morgan fingerprint density at radius 1 is 0.600 bits per heavy atom. The van der Waals surface area contributed by atoms with E-state index < -0.39 is 0 Å². The van der Waals surface area contributed by atoms with E-state index in [-0.39, 0.29) is 0 Å². The predicted octanol–water partition coefficient (Wildman–Crippen LogP) is 4.29. The molecule has 0 aromatic heterocycles. The molecule has 0 bridgehead atoms. The first-order valence-electron chi connectivity index (χ1n) is 9.31. The van der Waals surface area contributed by atoms with Crippen molar-refractivity contribution < 1.29 is 10.1 Å². The van der Waals surface area contributed by atoms with Crippen LogP contribution in [0, 0.1) is 0 Å². The first-order chi connectivity index (χ1) is 9.91. The fourth-order valence-electron chi connectivity index (χ4n) is 2.59. The Morgan fingerprint density at radius 3 is 1.60 bits per heavy atom. The van der Waals surface area contributed by atoms with Gasteiger partial charge in [-0.15, -0.1) is 0 Å². The summed E-state index contributed by atoms with van der Waals surface area (Å²) in [4.78, 5) is 0. The van der Waals surface area contributed by atoms with E-state index in [2.05, 4.69) is 19.2 Å². The molecule has 0 aromatic carbocycles. The Morgan fingerprint density at radius 2 is 1.10 bits per heavy atom. The molecule has 2 nitrogen and oxygen atoms in total. The minimum absolute atomic E-state index is 0.854. The maximum Gasteiger partial charge on any atom is 0.0993 e. The second-order valence-electron chi connectivity index (χ2n) is 5.95. The van der Waals surface area contributed by atoms with E-state index >= 15 is 0 Å². The lowest BCUT2D eigenvalue weighted by Gasteiger charge is -2.03. The summed E-state index contributed by atoms with van der Waals surface area (Å²) in [6.07, 6.45) is 17.3. The van der Waals surface area contributed by atoms with E-state index in [4.69, 9.17) is 4.74 Å². The average molecular weight is 287 g/mol. The van der Waals surface area contributed by atoms with Crippen LogP contribution in [0.3, 0.4) is 0 Å². The van der Waals surface area contributed by atoms with Crippen LogP contribution < -0.4 is 5.32 Å². The molecule has 0 aliphatic carbocycles. The average Bonchev–Trinajstić information content (AvgIpc) is 2.47. The van der Waals surface area contributed by atoms with Crippen LogP contribution in [0.4, 0.5) is 0 Å². The van der Waals surface area contributed by atoms with Crippen molar-refractivity contribution in [2.24, 2.45) is 0 Å². The molecule has 122 valence electrons. The molecule has 0 spiro atoms. The Kier molecular flexibility index (Phi) is 18.8. The van der Waals surface area contributed by atoms with Gasteiger partial charge in [0.1, 0.15) is 0 Å². The molecule has 0 unspecified atom stereocenters. The van der Waals surface area contributed by atoms with Crippen molar-refractivity contribution >= 4 is 0 Å². The van der Waals surface area contributed by atoms with E-state index in [9.17, 15) is 0 Å². The number of hydrogen-bond donors (Lipinski definition) is 1. The fraction of sp³-hybridized carbons (Fsp3) is 1.00. The van der Waals surface area contributed by atoms with Gasteiger partial charge in [0, 0.05) is 6.61 Å². The van der Waals surface area contributed by atoms with Crippen LogP contribution in [0.5, 0.6) is 0 Å². The minimum atomic E-state index is 0.854. The normalized spacial score (nSPS) is 11.1. The van der Waals surface area contributed by atoms with Crippen LogP contribution in [0.1, 0.15) is 90.9 Å². The molecule has 0 saturated heterocycles. The third kappa shape index (κ3) is 17.9. The van der Waals surface area contributed by atoms with Crippen molar-refractivity contribution in [3.8, 4) is 0 Å². The third-order valence-corrected chi connectivity index (χ3v) is 3.93. The van der Waals surface area contributed by atoms with E-state index in [1.165, 1.54) is 83.6 Å². The van der Waals surface area contributed by atoms with Crippen molar-refractivity contribution in [2.75, 3.05) is 26.3 Å². The lowest BCUT2D eigenvalue weighted by molar-refractivity contribution is -0.656. The Balaban J connectivity index is 2.89. The van der Waals surface area contributed by atoms with Gasteiger partial charge in [-0.1, -0.05) is 71.1 Å². The summed E-state index contributed by atoms with van der Waals surface area (Å²) in [5.41, 5.74) is 0. The molecule has 2 heteroatoms. The van der Waals surface area contributed by atoms with Gasteiger partial charge in [0.15, 0.2) is 0 Å². The molecule has 0 saturated carbocycles. The van der Waals surface area contributed by atoms with Gasteiger partial charge in [-0.25, -0.2) is 0 Å². The largest absolute Gasteiger partial charge is 0.376 e. The van der Waals surface area contributed by atoms with Crippen LogP contribution in [0.15, 0.2) is 0 Å². The minimum Gasteiger partial charge on any atom is -0.376 e. The molecule has 0 aromatic rings. The first kappa shape index (κ1) is 19.9. The highest BCUT2D eigenvalue weighted by Gasteiger charge is 1.95. The standard InChI is InChI=1S/C18H39NO/c1-3-5-6-7-8-9-10-11-12-13-14-15-16-19-17-18-20-4-2/h19H,3-18H2,1-2H3/p+1. The number of unbranched alkanes of at least 4 members (excludes halogenated alkanes) is 11. The molecule has 0 rings (SSSR count). The van der Waals surface area contributed by atoms with Gasteiger partial charge in [-0.3, -0.25) is 0 Å². The molecule has 20 heavy (non-hydrogen) atoms. The van der Waals surface area contributed by atoms with Crippen LogP contribution in [-0.4, -0.2) is 26.3 Å². The zero-order valence-electron chi connectivity index (χ0n) is 14.3. The summed E-state index contributed by atoms with van der Waals surface area (Å²) in [6, 6.07) is 0. The van der Waals surface area contributed by atoms with E-state index in [0.717, 1.165) is 19.8 Å². The molecule has 0 fully saturated rings. The fourth-order valence-corrected chi connectivity index (χ4v) is 2.59. The number of nitrogens with two attached hydrogens (primary N) is 1. The van der Waals surface area contributed by atoms with Crippen molar-refractivity contribution in [3.63, 3.8) is 0 Å². The zero-order valence-corrected chi connectivity index (χ0v) is 14.3. The van der Waals surface area contributed by atoms with Crippen LogP contribution in [0.25, 0.3) is 0 Å². The quantitative estimate of drug-likeness (QED) is 0.397. The highest BCUT2D eigenvalue weighted by molar-refractivity contribution is 4.48. The van der Waals surface area contributed by atoms with Crippen LogP contribution >= 0.6 is 0 Å². The molecule has 2 N–H and O–H groups in total. The highest BCUT2D eigenvalue weighted by atomic mass is 16.5. The van der Waals surface area contributed by atoms with Gasteiger partial charge in [-0.2, -0.15) is 0 Å². The van der Waals surface area contributed by atoms with Gasteiger partial charge < -0.3 is 10.1 Å². The number of ether oxygens (including phenoxy) is 1. The lowest BCUT2D eigenvalue weighted by atomic mass is 10.1. The summed E-state index contributed by atoms with van der Waals surface area (Å²) in [6.45, 7) is 8.53. The van der Waals surface area contributed by atoms with E-state index in [0.29, 0.717) is 0 Å². The van der Waals surface area contributed by atoms with Gasteiger partial charge >= 0.3 is 0 Å². The summed E-state index contributed by atoms with van der Waals surface area (Å²) in [5, 5.41) is 2.39. The second-order valence-corrected chi connectivity index (χ2v) is 5.95. The Hall–Kier alpha value is -0.0800. The summed E-state index contributed by atoms with van der Waals surface area (Å²) >= 11 is 0. The van der Waals surface area contributed by atoms with Gasteiger partial charge in [0.05, 0.1) is 19.7 Å². The molecule has 0 atom stereocenters. The molecular weight excluding hydrogens is 246 g/mol. The van der Waals surface area contributed by atoms with Gasteiger partial charge in [-0.05, 0) is 19.8 Å². The van der Waals surface area contributed by atoms with Crippen LogP contribution in [-0.2, 0) is 4.74 Å². The van der Waals surface area contributed by atoms with Crippen LogP contribution in [0.2, 0.25) is 0 Å². The Bertz CT molecular complexity index is 143. The molecule has 0 aliphatic heterocycles. The summed E-state index contributed by atoms with van der Waals surface area (Å²) in [5.74, 6) is 0. The van der Waals surface area contributed by atoms with Gasteiger partial charge in [0.2, 0.25) is 0 Å². The number of rotatable bonds is 17.